The number of piperidine rings is 2. The second-order valence-electron chi connectivity index (χ2n) is 8.23. The van der Waals surface area contributed by atoms with E-state index >= 15 is 0 Å². The van der Waals surface area contributed by atoms with Gasteiger partial charge in [-0.15, -0.1) is 0 Å². The zero-order valence-electron chi connectivity index (χ0n) is 16.6. The summed E-state index contributed by atoms with van der Waals surface area (Å²) in [6.45, 7) is 4.57. The molecule has 154 valence electrons. The fourth-order valence-electron chi connectivity index (χ4n) is 4.44. The molecule has 3 fully saturated rings. The van der Waals surface area contributed by atoms with Gasteiger partial charge in [0, 0.05) is 25.7 Å². The maximum absolute atomic E-state index is 12.5. The number of nitrogens with zero attached hydrogens (tertiary/aromatic N) is 1. The van der Waals surface area contributed by atoms with Crippen molar-refractivity contribution in [2.24, 2.45) is 11.8 Å². The first-order valence-electron chi connectivity index (χ1n) is 10.6. The Morgan fingerprint density at radius 2 is 1.67 bits per heavy atom. The average molecular weight is 382 g/mol. The SMILES string of the molecule is COC(=O)C1CCC(NC(=O)N2CCC(COC3CCNCC3)CC2)CC1. The minimum Gasteiger partial charge on any atom is -0.469 e. The summed E-state index contributed by atoms with van der Waals surface area (Å²) in [6, 6.07) is 0.230. The summed E-state index contributed by atoms with van der Waals surface area (Å²) < 4.78 is 10.9. The molecule has 7 heteroatoms. The molecule has 3 rings (SSSR count). The molecule has 2 aliphatic heterocycles. The Morgan fingerprint density at radius 1 is 1.00 bits per heavy atom. The molecule has 1 aliphatic carbocycles. The number of likely N-dealkylation sites (tertiary alicyclic amines) is 1. The van der Waals surface area contributed by atoms with Crippen LogP contribution in [0.2, 0.25) is 0 Å². The second-order valence-corrected chi connectivity index (χ2v) is 8.23. The smallest absolute Gasteiger partial charge is 0.317 e. The highest BCUT2D eigenvalue weighted by Gasteiger charge is 2.30. The van der Waals surface area contributed by atoms with E-state index in [2.05, 4.69) is 10.6 Å². The van der Waals surface area contributed by atoms with Crippen LogP contribution >= 0.6 is 0 Å². The third kappa shape index (κ3) is 6.07. The molecule has 0 aromatic rings. The first kappa shape index (κ1) is 20.4. The number of methoxy groups -OCH3 is 1. The Morgan fingerprint density at radius 3 is 2.30 bits per heavy atom. The van der Waals surface area contributed by atoms with Gasteiger partial charge < -0.3 is 25.0 Å². The van der Waals surface area contributed by atoms with Gasteiger partial charge >= 0.3 is 12.0 Å². The number of rotatable bonds is 5. The zero-order valence-corrected chi connectivity index (χ0v) is 16.6. The molecule has 0 bridgehead atoms. The van der Waals surface area contributed by atoms with Gasteiger partial charge in [-0.3, -0.25) is 4.79 Å². The summed E-state index contributed by atoms with van der Waals surface area (Å²) in [5.74, 6) is 0.451. The lowest BCUT2D eigenvalue weighted by molar-refractivity contribution is -0.146. The predicted molar refractivity (Wildman–Crippen MR) is 102 cm³/mol. The molecule has 0 atom stereocenters. The summed E-state index contributed by atoms with van der Waals surface area (Å²) in [6.07, 6.45) is 7.98. The third-order valence-electron chi connectivity index (χ3n) is 6.34. The highest BCUT2D eigenvalue weighted by molar-refractivity contribution is 5.75. The molecular weight excluding hydrogens is 346 g/mol. The highest BCUT2D eigenvalue weighted by atomic mass is 16.5. The molecule has 1 saturated carbocycles. The molecule has 0 unspecified atom stereocenters. The summed E-state index contributed by atoms with van der Waals surface area (Å²) >= 11 is 0. The van der Waals surface area contributed by atoms with Gasteiger partial charge in [0.05, 0.1) is 19.1 Å². The normalized spacial score (nSPS) is 28.0. The van der Waals surface area contributed by atoms with Crippen molar-refractivity contribution in [3.05, 3.63) is 0 Å². The third-order valence-corrected chi connectivity index (χ3v) is 6.34. The average Bonchev–Trinajstić information content (AvgIpc) is 2.73. The van der Waals surface area contributed by atoms with Crippen molar-refractivity contribution in [3.63, 3.8) is 0 Å². The Bertz CT molecular complexity index is 480. The van der Waals surface area contributed by atoms with Crippen molar-refractivity contribution < 1.29 is 19.1 Å². The Kier molecular flexibility index (Phi) is 7.76. The molecule has 2 N–H and O–H groups in total. The number of hydrogen-bond acceptors (Lipinski definition) is 5. The number of amides is 2. The van der Waals surface area contributed by atoms with E-state index in [1.54, 1.807) is 0 Å². The summed E-state index contributed by atoms with van der Waals surface area (Å²) in [4.78, 5) is 26.1. The van der Waals surface area contributed by atoms with Crippen LogP contribution in [-0.2, 0) is 14.3 Å². The van der Waals surface area contributed by atoms with Crippen molar-refractivity contribution >= 4 is 12.0 Å². The van der Waals surface area contributed by atoms with Gasteiger partial charge in [0.15, 0.2) is 0 Å². The predicted octanol–water partition coefficient (Wildman–Crippen LogP) is 1.91. The van der Waals surface area contributed by atoms with Crippen LogP contribution in [0.15, 0.2) is 0 Å². The van der Waals surface area contributed by atoms with Gasteiger partial charge in [-0.25, -0.2) is 4.79 Å². The highest BCUT2D eigenvalue weighted by Crippen LogP contribution is 2.26. The van der Waals surface area contributed by atoms with E-state index in [9.17, 15) is 9.59 Å². The number of esters is 1. The Labute approximate surface area is 162 Å². The monoisotopic (exact) mass is 381 g/mol. The zero-order chi connectivity index (χ0) is 19.1. The molecule has 7 nitrogen and oxygen atoms in total. The lowest BCUT2D eigenvalue weighted by Gasteiger charge is -2.35. The maximum Gasteiger partial charge on any atom is 0.317 e. The van der Waals surface area contributed by atoms with Crippen molar-refractivity contribution in [3.8, 4) is 0 Å². The second kappa shape index (κ2) is 10.3. The fourth-order valence-corrected chi connectivity index (χ4v) is 4.44. The van der Waals surface area contributed by atoms with E-state index in [1.807, 2.05) is 4.90 Å². The van der Waals surface area contributed by atoms with E-state index in [-0.39, 0.29) is 24.0 Å². The summed E-state index contributed by atoms with van der Waals surface area (Å²) in [5.41, 5.74) is 0. The fraction of sp³-hybridized carbons (Fsp3) is 0.900. The van der Waals surface area contributed by atoms with Crippen LogP contribution in [0.1, 0.15) is 51.4 Å². The van der Waals surface area contributed by atoms with Gasteiger partial charge in [0.1, 0.15) is 0 Å². The Balaban J connectivity index is 1.31. The van der Waals surface area contributed by atoms with Crippen molar-refractivity contribution in [2.45, 2.75) is 63.5 Å². The van der Waals surface area contributed by atoms with Gasteiger partial charge in [-0.05, 0) is 70.4 Å². The van der Waals surface area contributed by atoms with Crippen LogP contribution in [0.4, 0.5) is 4.79 Å². The first-order chi connectivity index (χ1) is 13.2. The van der Waals surface area contributed by atoms with Gasteiger partial charge in [0.25, 0.3) is 0 Å². The Hall–Kier alpha value is -1.34. The number of carbonyl (C=O) groups excluding carboxylic acids is 2. The molecule has 0 spiro atoms. The van der Waals surface area contributed by atoms with Gasteiger partial charge in [-0.1, -0.05) is 0 Å². The number of ether oxygens (including phenoxy) is 2. The quantitative estimate of drug-likeness (QED) is 0.711. The minimum absolute atomic E-state index is 0.00107. The number of hydrogen-bond donors (Lipinski definition) is 2. The lowest BCUT2D eigenvalue weighted by Crippen LogP contribution is -2.49. The minimum atomic E-state index is -0.117. The maximum atomic E-state index is 12.5. The van der Waals surface area contributed by atoms with E-state index in [0.29, 0.717) is 12.0 Å². The molecule has 0 aromatic heterocycles. The number of carbonyl (C=O) groups is 2. The lowest BCUT2D eigenvalue weighted by atomic mass is 9.86. The number of urea groups is 1. The van der Waals surface area contributed by atoms with Crippen LogP contribution in [0.25, 0.3) is 0 Å². The largest absolute Gasteiger partial charge is 0.469 e. The van der Waals surface area contributed by atoms with E-state index in [0.717, 1.165) is 84.2 Å². The number of nitrogens with one attached hydrogen (secondary N) is 2. The van der Waals surface area contributed by atoms with Crippen LogP contribution in [0.5, 0.6) is 0 Å². The standard InChI is InChI=1S/C20H35N3O4/c1-26-19(24)16-2-4-17(5-3-16)22-20(25)23-12-8-15(9-13-23)14-27-18-6-10-21-11-7-18/h15-18,21H,2-14H2,1H3,(H,22,25). The molecule has 3 aliphatic rings. The van der Waals surface area contributed by atoms with Crippen molar-refractivity contribution in [1.29, 1.82) is 0 Å². The first-order valence-corrected chi connectivity index (χ1v) is 10.6. The van der Waals surface area contributed by atoms with Crippen LogP contribution in [0, 0.1) is 11.8 Å². The van der Waals surface area contributed by atoms with Crippen LogP contribution < -0.4 is 10.6 Å². The van der Waals surface area contributed by atoms with E-state index in [4.69, 9.17) is 9.47 Å². The van der Waals surface area contributed by atoms with Crippen LogP contribution in [-0.4, -0.2) is 68.9 Å². The molecule has 0 aromatic carbocycles. The molecule has 27 heavy (non-hydrogen) atoms. The molecule has 2 amide bonds. The molecule has 2 saturated heterocycles. The topological polar surface area (TPSA) is 79.9 Å². The molecule has 0 radical (unpaired) electrons. The van der Waals surface area contributed by atoms with Gasteiger partial charge in [0.2, 0.25) is 0 Å². The molecule has 2 heterocycles. The molecular formula is C20H35N3O4. The van der Waals surface area contributed by atoms with Crippen molar-refractivity contribution in [2.75, 3.05) is 39.9 Å². The van der Waals surface area contributed by atoms with Crippen molar-refractivity contribution in [1.82, 2.24) is 15.5 Å². The van der Waals surface area contributed by atoms with Gasteiger partial charge in [-0.2, -0.15) is 0 Å². The summed E-state index contributed by atoms with van der Waals surface area (Å²) in [7, 11) is 1.44. The van der Waals surface area contributed by atoms with E-state index in [1.165, 1.54) is 7.11 Å². The van der Waals surface area contributed by atoms with Crippen LogP contribution in [0.3, 0.4) is 0 Å². The van der Waals surface area contributed by atoms with E-state index < -0.39 is 0 Å². The summed E-state index contributed by atoms with van der Waals surface area (Å²) in [5, 5.41) is 6.52.